The third-order valence-electron chi connectivity index (χ3n) is 1.98. The van der Waals surface area contributed by atoms with Crippen molar-refractivity contribution in [1.82, 2.24) is 9.38 Å². The van der Waals surface area contributed by atoms with Crippen LogP contribution in [0.3, 0.4) is 0 Å². The molecule has 5 heteroatoms. The Morgan fingerprint density at radius 2 is 2.36 bits per heavy atom. The van der Waals surface area contributed by atoms with Crippen LogP contribution in [0.2, 0.25) is 5.02 Å². The van der Waals surface area contributed by atoms with E-state index in [4.69, 9.17) is 16.7 Å². The second-order valence-corrected chi connectivity index (χ2v) is 3.35. The van der Waals surface area contributed by atoms with Gasteiger partial charge in [0.05, 0.1) is 5.52 Å². The molecule has 0 saturated heterocycles. The Balaban J connectivity index is 2.85. The van der Waals surface area contributed by atoms with Gasteiger partial charge < -0.3 is 9.51 Å². The first-order valence-corrected chi connectivity index (χ1v) is 4.35. The Morgan fingerprint density at radius 1 is 1.64 bits per heavy atom. The lowest BCUT2D eigenvalue weighted by atomic mass is 10.3. The average molecular weight is 211 g/mol. The van der Waals surface area contributed by atoms with Crippen LogP contribution in [0.15, 0.2) is 18.3 Å². The third-order valence-corrected chi connectivity index (χ3v) is 2.22. The Kier molecular flexibility index (Phi) is 1.93. The zero-order valence-corrected chi connectivity index (χ0v) is 8.12. The van der Waals surface area contributed by atoms with Crippen LogP contribution in [0.1, 0.15) is 16.3 Å². The summed E-state index contributed by atoms with van der Waals surface area (Å²) in [6, 6.07) is 3.28. The summed E-state index contributed by atoms with van der Waals surface area (Å²) in [4.78, 5) is 14.8. The maximum atomic E-state index is 10.8. The molecule has 0 amide bonds. The summed E-state index contributed by atoms with van der Waals surface area (Å²) in [6.45, 7) is 1.74. The summed E-state index contributed by atoms with van der Waals surface area (Å²) in [7, 11) is 0. The highest BCUT2D eigenvalue weighted by molar-refractivity contribution is 6.31. The van der Waals surface area contributed by atoms with Gasteiger partial charge in [0.25, 0.3) is 0 Å². The Morgan fingerprint density at radius 3 is 3.00 bits per heavy atom. The number of aryl methyl sites for hydroxylation is 1. The van der Waals surface area contributed by atoms with Crippen molar-refractivity contribution in [3.63, 3.8) is 0 Å². The Hall–Kier alpha value is -1.55. The first kappa shape index (κ1) is 9.02. The largest absolute Gasteiger partial charge is 0.476 e. The number of imidazole rings is 1. The lowest BCUT2D eigenvalue weighted by Gasteiger charge is -1.96. The van der Waals surface area contributed by atoms with Crippen LogP contribution in [0.5, 0.6) is 0 Å². The van der Waals surface area contributed by atoms with Gasteiger partial charge in [0.1, 0.15) is 5.82 Å². The van der Waals surface area contributed by atoms with E-state index in [0.29, 0.717) is 16.4 Å². The van der Waals surface area contributed by atoms with E-state index in [0.717, 1.165) is 0 Å². The predicted octanol–water partition coefficient (Wildman–Crippen LogP) is 1.99. The number of halogens is 1. The number of carboxylic acids is 1. The van der Waals surface area contributed by atoms with Crippen molar-refractivity contribution in [2.75, 3.05) is 0 Å². The van der Waals surface area contributed by atoms with Crippen molar-refractivity contribution in [2.45, 2.75) is 6.92 Å². The Labute approximate surface area is 84.8 Å². The number of rotatable bonds is 1. The SMILES string of the molecule is Cc1nc(C(=O)O)c2cc(Cl)ccn12. The van der Waals surface area contributed by atoms with Gasteiger partial charge in [-0.15, -0.1) is 0 Å². The molecule has 2 aromatic heterocycles. The van der Waals surface area contributed by atoms with E-state index in [1.54, 1.807) is 29.7 Å². The lowest BCUT2D eigenvalue weighted by molar-refractivity contribution is 0.0693. The topological polar surface area (TPSA) is 54.6 Å². The van der Waals surface area contributed by atoms with Crippen LogP contribution >= 0.6 is 11.6 Å². The normalized spacial score (nSPS) is 10.7. The smallest absolute Gasteiger partial charge is 0.356 e. The van der Waals surface area contributed by atoms with E-state index < -0.39 is 5.97 Å². The summed E-state index contributed by atoms with van der Waals surface area (Å²) in [5.74, 6) is -0.410. The molecule has 0 aliphatic heterocycles. The van der Waals surface area contributed by atoms with E-state index >= 15 is 0 Å². The molecule has 0 radical (unpaired) electrons. The van der Waals surface area contributed by atoms with Gasteiger partial charge >= 0.3 is 5.97 Å². The molecule has 0 atom stereocenters. The zero-order chi connectivity index (χ0) is 10.3. The number of hydrogen-bond acceptors (Lipinski definition) is 2. The van der Waals surface area contributed by atoms with Crippen LogP contribution < -0.4 is 0 Å². The first-order chi connectivity index (χ1) is 6.59. The Bertz CT molecular complexity index is 519. The van der Waals surface area contributed by atoms with Crippen molar-refractivity contribution >= 4 is 23.1 Å². The predicted molar refractivity (Wildman–Crippen MR) is 51.9 cm³/mol. The molecular weight excluding hydrogens is 204 g/mol. The highest BCUT2D eigenvalue weighted by Gasteiger charge is 2.14. The molecule has 0 unspecified atom stereocenters. The molecule has 72 valence electrons. The molecule has 4 nitrogen and oxygen atoms in total. The van der Waals surface area contributed by atoms with E-state index in [1.807, 2.05) is 0 Å². The number of fused-ring (bicyclic) bond motifs is 1. The van der Waals surface area contributed by atoms with Gasteiger partial charge in [-0.05, 0) is 19.1 Å². The van der Waals surface area contributed by atoms with Crippen molar-refractivity contribution < 1.29 is 9.90 Å². The van der Waals surface area contributed by atoms with Crippen LogP contribution in [-0.4, -0.2) is 20.5 Å². The molecule has 0 aliphatic carbocycles. The van der Waals surface area contributed by atoms with Crippen molar-refractivity contribution in [3.8, 4) is 0 Å². The minimum Gasteiger partial charge on any atom is -0.476 e. The third kappa shape index (κ3) is 1.24. The number of carbonyl (C=O) groups is 1. The molecule has 14 heavy (non-hydrogen) atoms. The highest BCUT2D eigenvalue weighted by Crippen LogP contribution is 2.17. The number of aromatic nitrogens is 2. The number of nitrogens with zero attached hydrogens (tertiary/aromatic N) is 2. The van der Waals surface area contributed by atoms with E-state index in [9.17, 15) is 4.79 Å². The number of hydrogen-bond donors (Lipinski definition) is 1. The monoisotopic (exact) mass is 210 g/mol. The van der Waals surface area contributed by atoms with Gasteiger partial charge in [-0.3, -0.25) is 0 Å². The van der Waals surface area contributed by atoms with E-state index in [1.165, 1.54) is 0 Å². The summed E-state index contributed by atoms with van der Waals surface area (Å²) in [5.41, 5.74) is 0.549. The molecule has 0 aromatic carbocycles. The molecule has 0 spiro atoms. The molecule has 2 heterocycles. The second kappa shape index (κ2) is 2.99. The van der Waals surface area contributed by atoms with Crippen LogP contribution in [-0.2, 0) is 0 Å². The standard InChI is InChI=1S/C9H7ClN2O2/c1-5-11-8(9(13)14)7-4-6(10)2-3-12(5)7/h2-4H,1H3,(H,13,14). The lowest BCUT2D eigenvalue weighted by Crippen LogP contribution is -1.97. The maximum absolute atomic E-state index is 10.8. The fourth-order valence-corrected chi connectivity index (χ4v) is 1.53. The second-order valence-electron chi connectivity index (χ2n) is 2.91. The summed E-state index contributed by atoms with van der Waals surface area (Å²) >= 11 is 5.77. The van der Waals surface area contributed by atoms with Crippen LogP contribution in [0.25, 0.3) is 5.52 Å². The summed E-state index contributed by atoms with van der Waals surface area (Å²) in [6.07, 6.45) is 1.70. The van der Waals surface area contributed by atoms with Crippen LogP contribution in [0, 0.1) is 6.92 Å². The molecule has 2 aromatic rings. The minimum atomic E-state index is -1.04. The summed E-state index contributed by atoms with van der Waals surface area (Å²) < 4.78 is 1.69. The highest BCUT2D eigenvalue weighted by atomic mass is 35.5. The quantitative estimate of drug-likeness (QED) is 0.783. The number of aromatic carboxylic acids is 1. The molecule has 0 bridgehead atoms. The molecule has 0 saturated carbocycles. The molecular formula is C9H7ClN2O2. The molecule has 0 fully saturated rings. The fraction of sp³-hybridized carbons (Fsp3) is 0.111. The summed E-state index contributed by atoms with van der Waals surface area (Å²) in [5, 5.41) is 9.37. The van der Waals surface area contributed by atoms with Gasteiger partial charge in [0.2, 0.25) is 0 Å². The fourth-order valence-electron chi connectivity index (χ4n) is 1.37. The van der Waals surface area contributed by atoms with Gasteiger partial charge in [0.15, 0.2) is 5.69 Å². The average Bonchev–Trinajstić information content (AvgIpc) is 2.43. The van der Waals surface area contributed by atoms with Crippen molar-refractivity contribution in [2.24, 2.45) is 0 Å². The minimum absolute atomic E-state index is 0.0324. The van der Waals surface area contributed by atoms with Gasteiger partial charge in [-0.25, -0.2) is 9.78 Å². The van der Waals surface area contributed by atoms with Crippen molar-refractivity contribution in [3.05, 3.63) is 34.9 Å². The molecule has 0 aliphatic rings. The maximum Gasteiger partial charge on any atom is 0.356 e. The van der Waals surface area contributed by atoms with Crippen LogP contribution in [0.4, 0.5) is 0 Å². The number of pyridine rings is 1. The van der Waals surface area contributed by atoms with E-state index in [2.05, 4.69) is 4.98 Å². The van der Waals surface area contributed by atoms with E-state index in [-0.39, 0.29) is 5.69 Å². The van der Waals surface area contributed by atoms with Gasteiger partial charge in [0, 0.05) is 11.2 Å². The molecule has 2 rings (SSSR count). The number of carboxylic acid groups (broad SMARTS) is 1. The van der Waals surface area contributed by atoms with Gasteiger partial charge in [-0.2, -0.15) is 0 Å². The molecule has 1 N–H and O–H groups in total. The van der Waals surface area contributed by atoms with Crippen molar-refractivity contribution in [1.29, 1.82) is 0 Å². The zero-order valence-electron chi connectivity index (χ0n) is 7.36. The van der Waals surface area contributed by atoms with Gasteiger partial charge in [-0.1, -0.05) is 11.6 Å². The first-order valence-electron chi connectivity index (χ1n) is 3.97.